The number of hydrogen-bond donors (Lipinski definition) is 1. The topological polar surface area (TPSA) is 107 Å². The van der Waals surface area contributed by atoms with Gasteiger partial charge in [0.25, 0.3) is 0 Å². The Bertz CT molecular complexity index is 2970. The molecule has 1 N–H and O–H groups in total. The fourth-order valence-corrected chi connectivity index (χ4v) is 11.1. The van der Waals surface area contributed by atoms with Crippen LogP contribution in [0.15, 0.2) is 127 Å². The maximum Gasteiger partial charge on any atom is 0.508 e. The number of nitrogens with zero attached hydrogens (tertiary/aromatic N) is 2. The molecule has 2 atom stereocenters. The van der Waals surface area contributed by atoms with E-state index in [0.29, 0.717) is 12.2 Å². The molecule has 0 radical (unpaired) electrons. The predicted molar refractivity (Wildman–Crippen MR) is 273 cm³/mol. The second-order valence-corrected chi connectivity index (χ2v) is 19.4. The van der Waals surface area contributed by atoms with Gasteiger partial charge in [-0.2, -0.15) is 0 Å². The van der Waals surface area contributed by atoms with E-state index >= 15 is 0 Å². The molecule has 1 aliphatic carbocycles. The minimum absolute atomic E-state index is 0.00814. The highest BCUT2D eigenvalue weighted by Crippen LogP contribution is 2.60. The molecule has 0 bridgehead atoms. The molecule has 4 aliphatic rings. The van der Waals surface area contributed by atoms with E-state index < -0.39 is 23.1 Å². The van der Waals surface area contributed by atoms with E-state index in [1.165, 1.54) is 36.1 Å². The Hall–Kier alpha value is -7.20. The van der Waals surface area contributed by atoms with E-state index in [4.69, 9.17) is 23.7 Å². The van der Waals surface area contributed by atoms with Gasteiger partial charge in [-0.3, -0.25) is 0 Å². The largest absolute Gasteiger partial charge is 0.508 e. The second-order valence-electron chi connectivity index (χ2n) is 19.4. The number of benzene rings is 6. The Morgan fingerprint density at radius 3 is 2.28 bits per heavy atom. The third-order valence-corrected chi connectivity index (χ3v) is 14.5. The van der Waals surface area contributed by atoms with Crippen LogP contribution in [-0.4, -0.2) is 70.3 Å². The van der Waals surface area contributed by atoms with Crippen LogP contribution in [0.25, 0.3) is 39.1 Å². The summed E-state index contributed by atoms with van der Waals surface area (Å²) in [6.45, 7) is 13.1. The number of phenols is 1. The molecule has 10 nitrogen and oxygen atoms in total. The lowest BCUT2D eigenvalue weighted by Crippen LogP contribution is -2.37. The van der Waals surface area contributed by atoms with Crippen LogP contribution in [-0.2, 0) is 30.0 Å². The number of carbonyl (C=O) groups is 2. The lowest BCUT2D eigenvalue weighted by atomic mass is 9.76. The summed E-state index contributed by atoms with van der Waals surface area (Å²) in [7, 11) is 1.71. The highest BCUT2D eigenvalue weighted by atomic mass is 16.7. The van der Waals surface area contributed by atoms with Crippen molar-refractivity contribution in [2.75, 3.05) is 62.9 Å². The van der Waals surface area contributed by atoms with Gasteiger partial charge in [0.05, 0.1) is 19.4 Å². The molecule has 2 unspecified atom stereocenters. The number of hydrogen-bond acceptors (Lipinski definition) is 10. The summed E-state index contributed by atoms with van der Waals surface area (Å²) in [6.07, 6.45) is 9.03. The third kappa shape index (κ3) is 8.44. The molecular weight excluding hydrogens is 865 g/mol. The Kier molecular flexibility index (Phi) is 12.4. The van der Waals surface area contributed by atoms with Gasteiger partial charge < -0.3 is 38.6 Å². The van der Waals surface area contributed by atoms with Crippen LogP contribution in [0.1, 0.15) is 80.7 Å². The number of rotatable bonds is 12. The first-order valence-electron chi connectivity index (χ1n) is 24.3. The number of para-hydroxylation sites is 1. The van der Waals surface area contributed by atoms with Crippen molar-refractivity contribution in [1.29, 1.82) is 0 Å². The van der Waals surface area contributed by atoms with Crippen LogP contribution in [0.4, 0.5) is 16.2 Å². The summed E-state index contributed by atoms with van der Waals surface area (Å²) in [5.41, 5.74) is 10.5. The van der Waals surface area contributed by atoms with Crippen LogP contribution in [0, 0.1) is 5.92 Å². The van der Waals surface area contributed by atoms with Crippen molar-refractivity contribution in [3.05, 3.63) is 155 Å². The molecule has 354 valence electrons. The molecule has 69 heavy (non-hydrogen) atoms. The summed E-state index contributed by atoms with van der Waals surface area (Å²) >= 11 is 0. The molecule has 10 rings (SSSR count). The molecule has 0 saturated carbocycles. The van der Waals surface area contributed by atoms with E-state index in [2.05, 4.69) is 121 Å². The normalized spacial score (nSPS) is 18.9. The minimum atomic E-state index is -0.965. The predicted octanol–water partition coefficient (Wildman–Crippen LogP) is 12.4. The van der Waals surface area contributed by atoms with Crippen molar-refractivity contribution in [3.8, 4) is 39.5 Å². The first-order chi connectivity index (χ1) is 33.5. The van der Waals surface area contributed by atoms with Gasteiger partial charge >= 0.3 is 12.1 Å². The number of ether oxygens (including phenoxy) is 5. The number of carbonyl (C=O) groups excluding carboxylic acids is 2. The number of anilines is 2. The standard InChI is InChI=1S/C59H60N2O8/c1-38(2)56(63)66-31-32-67-57(64)68-37-39-15-14-30-61(36-39)50-34-47-48(35-51(50)62)55-46(54-53(47)45-25-20-40(33-49(45)58(54,3)4)44-18-10-11-19-52(44)65-5)26-27-59(69-55,41-16-8-6-9-17-41)42-21-23-43(24-22-42)60-28-12-7-13-29-60/h6,8-11,16-27,33-35,39,62H,1,7,12-15,28-32,36-37H2,2-5H3. The van der Waals surface area contributed by atoms with Gasteiger partial charge in [0.1, 0.15) is 30.5 Å². The van der Waals surface area contributed by atoms with Gasteiger partial charge in [0, 0.05) is 76.4 Å². The van der Waals surface area contributed by atoms with Gasteiger partial charge in [0.2, 0.25) is 0 Å². The molecule has 2 saturated heterocycles. The van der Waals surface area contributed by atoms with Crippen molar-refractivity contribution < 1.29 is 38.4 Å². The zero-order valence-electron chi connectivity index (χ0n) is 40.0. The highest BCUT2D eigenvalue weighted by Gasteiger charge is 2.45. The Morgan fingerprint density at radius 1 is 0.783 bits per heavy atom. The lowest BCUT2D eigenvalue weighted by molar-refractivity contribution is -0.140. The van der Waals surface area contributed by atoms with Gasteiger partial charge in [-0.25, -0.2) is 9.59 Å². The smallest absolute Gasteiger partial charge is 0.506 e. The van der Waals surface area contributed by atoms with Crippen LogP contribution in [0.3, 0.4) is 0 Å². The zero-order valence-corrected chi connectivity index (χ0v) is 40.0. The van der Waals surface area contributed by atoms with Crippen molar-refractivity contribution >= 4 is 40.3 Å². The Morgan fingerprint density at radius 2 is 1.51 bits per heavy atom. The minimum Gasteiger partial charge on any atom is -0.506 e. The second kappa shape index (κ2) is 18.7. The van der Waals surface area contributed by atoms with E-state index in [1.807, 2.05) is 30.3 Å². The maximum absolute atomic E-state index is 12.6. The average Bonchev–Trinajstić information content (AvgIpc) is 3.62. The molecule has 3 aliphatic heterocycles. The Labute approximate surface area is 404 Å². The van der Waals surface area contributed by atoms with Gasteiger partial charge in [-0.15, -0.1) is 0 Å². The Balaban J connectivity index is 1.06. The number of methoxy groups -OCH3 is 1. The summed E-state index contributed by atoms with van der Waals surface area (Å²) < 4.78 is 29.3. The summed E-state index contributed by atoms with van der Waals surface area (Å²) in [5, 5.41) is 14.1. The SMILES string of the molecule is C=C(C)C(=O)OCCOC(=O)OCC1CCCN(c2cc3c4c(c5c(c3cc2O)OC(c2ccccc2)(c2ccc(N3CCCCC3)cc2)C=C5)C(C)(C)c2cc(-c3ccccc3OC)ccc2-4)C1. The van der Waals surface area contributed by atoms with E-state index in [-0.39, 0.29) is 37.1 Å². The number of esters is 1. The molecule has 0 aromatic heterocycles. The first kappa shape index (κ1) is 45.6. The van der Waals surface area contributed by atoms with E-state index in [0.717, 1.165) is 93.7 Å². The summed E-state index contributed by atoms with van der Waals surface area (Å²) in [4.78, 5) is 28.9. The molecule has 6 aromatic rings. The van der Waals surface area contributed by atoms with E-state index in [9.17, 15) is 14.7 Å². The van der Waals surface area contributed by atoms with Gasteiger partial charge in [0.15, 0.2) is 5.60 Å². The molecule has 10 heteroatoms. The molecular formula is C59H60N2O8. The number of piperidine rings is 2. The van der Waals surface area contributed by atoms with Gasteiger partial charge in [-0.1, -0.05) is 99.3 Å². The van der Waals surface area contributed by atoms with Crippen molar-refractivity contribution in [2.45, 2.75) is 63.9 Å². The monoisotopic (exact) mass is 924 g/mol. The average molecular weight is 925 g/mol. The van der Waals surface area contributed by atoms with Crippen LogP contribution in [0.5, 0.6) is 17.2 Å². The van der Waals surface area contributed by atoms with Crippen LogP contribution < -0.4 is 19.3 Å². The highest BCUT2D eigenvalue weighted by molar-refractivity contribution is 6.10. The zero-order chi connectivity index (χ0) is 47.9. The summed E-state index contributed by atoms with van der Waals surface area (Å²) in [6, 6.07) is 38.3. The molecule has 2 fully saturated rings. The van der Waals surface area contributed by atoms with Gasteiger partial charge in [-0.05, 0) is 115 Å². The van der Waals surface area contributed by atoms with Crippen molar-refractivity contribution in [1.82, 2.24) is 0 Å². The molecule has 0 spiro atoms. The van der Waals surface area contributed by atoms with Crippen molar-refractivity contribution in [3.63, 3.8) is 0 Å². The third-order valence-electron chi connectivity index (χ3n) is 14.5. The van der Waals surface area contributed by atoms with Crippen LogP contribution in [0.2, 0.25) is 0 Å². The maximum atomic E-state index is 12.6. The molecule has 3 heterocycles. The number of fused-ring (bicyclic) bond motifs is 8. The number of phenolic OH excluding ortho intramolecular Hbond substituents is 1. The van der Waals surface area contributed by atoms with Crippen LogP contribution >= 0.6 is 0 Å². The molecule has 6 aromatic carbocycles. The number of aromatic hydroxyl groups is 1. The first-order valence-corrected chi connectivity index (χ1v) is 24.3. The summed E-state index contributed by atoms with van der Waals surface area (Å²) in [5.74, 6) is 1.13. The van der Waals surface area contributed by atoms with E-state index in [1.54, 1.807) is 14.0 Å². The quantitative estimate of drug-likeness (QED) is 0.0724. The van der Waals surface area contributed by atoms with Crippen molar-refractivity contribution in [2.24, 2.45) is 5.92 Å². The lowest BCUT2D eigenvalue weighted by Gasteiger charge is -2.39. The molecule has 0 amide bonds. The fourth-order valence-electron chi connectivity index (χ4n) is 11.1. The fraction of sp³-hybridized carbons (Fsp3) is 0.322.